The number of rotatable bonds is 5. The fourth-order valence-corrected chi connectivity index (χ4v) is 3.52. The number of amidine groups is 1. The lowest BCUT2D eigenvalue weighted by atomic mass is 9.99. The molecule has 1 aliphatic rings. The second kappa shape index (κ2) is 8.48. The van der Waals surface area contributed by atoms with E-state index >= 15 is 0 Å². The summed E-state index contributed by atoms with van der Waals surface area (Å²) in [6, 6.07) is 11.7. The number of benzene rings is 2. The van der Waals surface area contributed by atoms with Crippen LogP contribution < -0.4 is 5.32 Å². The third kappa shape index (κ3) is 5.23. The number of amides is 1. The monoisotopic (exact) mass is 421 g/mol. The van der Waals surface area contributed by atoms with Gasteiger partial charge in [0.1, 0.15) is 5.25 Å². The Morgan fingerprint density at radius 2 is 1.86 bits per heavy atom. The van der Waals surface area contributed by atoms with Gasteiger partial charge in [0.25, 0.3) is 0 Å². The lowest BCUT2D eigenvalue weighted by Crippen LogP contribution is -2.26. The van der Waals surface area contributed by atoms with Crippen LogP contribution in [-0.4, -0.2) is 33.6 Å². The molecule has 0 aromatic heterocycles. The Bertz CT molecular complexity index is 988. The van der Waals surface area contributed by atoms with Crippen LogP contribution in [0.1, 0.15) is 17.5 Å². The molecule has 0 aliphatic carbocycles. The first-order valence-corrected chi connectivity index (χ1v) is 9.19. The van der Waals surface area contributed by atoms with E-state index in [1.165, 1.54) is 18.3 Å². The van der Waals surface area contributed by atoms with Gasteiger partial charge in [-0.3, -0.25) is 9.59 Å². The van der Waals surface area contributed by atoms with Crippen molar-refractivity contribution >= 4 is 35.0 Å². The lowest BCUT2D eigenvalue weighted by molar-refractivity contribution is -0.138. The smallest absolute Gasteiger partial charge is 0.416 e. The average molecular weight is 421 g/mol. The predicted molar refractivity (Wildman–Crippen MR) is 104 cm³/mol. The van der Waals surface area contributed by atoms with Crippen LogP contribution in [-0.2, 0) is 15.8 Å². The Kier molecular flexibility index (Phi) is 6.02. The van der Waals surface area contributed by atoms with E-state index in [0.29, 0.717) is 16.7 Å². The SMILES string of the molecule is O=C(O)CC1SC(=NN=Cc2ccccc2-c2ccc(C(F)(F)F)cc2)NC1=O. The van der Waals surface area contributed by atoms with Crippen molar-refractivity contribution in [1.82, 2.24) is 5.32 Å². The van der Waals surface area contributed by atoms with Crippen LogP contribution in [0.5, 0.6) is 0 Å². The highest BCUT2D eigenvalue weighted by Gasteiger charge is 2.32. The number of hydrogen-bond acceptors (Lipinski definition) is 5. The highest BCUT2D eigenvalue weighted by molar-refractivity contribution is 8.15. The van der Waals surface area contributed by atoms with Crippen molar-refractivity contribution in [3.05, 3.63) is 59.7 Å². The van der Waals surface area contributed by atoms with Crippen LogP contribution in [0, 0.1) is 0 Å². The third-order valence-electron chi connectivity index (χ3n) is 3.97. The van der Waals surface area contributed by atoms with Crippen LogP contribution >= 0.6 is 11.8 Å². The maximum Gasteiger partial charge on any atom is 0.416 e. The highest BCUT2D eigenvalue weighted by Crippen LogP contribution is 2.31. The topological polar surface area (TPSA) is 91.1 Å². The molecule has 0 spiro atoms. The van der Waals surface area contributed by atoms with Crippen molar-refractivity contribution in [1.29, 1.82) is 0 Å². The number of nitrogens with one attached hydrogen (secondary N) is 1. The Hall–Kier alpha value is -3.14. The van der Waals surface area contributed by atoms with Gasteiger partial charge in [0.2, 0.25) is 5.91 Å². The molecule has 0 bridgehead atoms. The zero-order valence-electron chi connectivity index (χ0n) is 14.7. The number of hydrogen-bond donors (Lipinski definition) is 2. The summed E-state index contributed by atoms with van der Waals surface area (Å²) in [5, 5.41) is 18.4. The molecule has 2 N–H and O–H groups in total. The number of aliphatic carboxylic acids is 1. The standard InChI is InChI=1S/C19H14F3N3O3S/c20-19(21,22)13-7-5-11(6-8-13)14-4-2-1-3-12(14)10-23-25-18-24-17(28)15(29-18)9-16(26)27/h1-8,10,15H,9H2,(H,26,27)(H,24,25,28). The molecule has 0 saturated carbocycles. The van der Waals surface area contributed by atoms with Crippen LogP contribution in [0.15, 0.2) is 58.7 Å². The number of alkyl halides is 3. The summed E-state index contributed by atoms with van der Waals surface area (Å²) in [4.78, 5) is 22.4. The fourth-order valence-electron chi connectivity index (χ4n) is 2.60. The minimum atomic E-state index is -4.41. The quantitative estimate of drug-likeness (QED) is 0.568. The summed E-state index contributed by atoms with van der Waals surface area (Å²) in [5.74, 6) is -1.54. The van der Waals surface area contributed by atoms with Crippen molar-refractivity contribution in [3.8, 4) is 11.1 Å². The molecule has 2 aromatic rings. The Balaban J connectivity index is 1.78. The van der Waals surface area contributed by atoms with Gasteiger partial charge in [-0.05, 0) is 23.3 Å². The maximum atomic E-state index is 12.7. The molecule has 1 aliphatic heterocycles. The molecule has 1 fully saturated rings. The van der Waals surface area contributed by atoms with Crippen molar-refractivity contribution in [2.75, 3.05) is 0 Å². The average Bonchev–Trinajstić information content (AvgIpc) is 3.00. The van der Waals surface area contributed by atoms with E-state index in [2.05, 4.69) is 15.5 Å². The summed E-state index contributed by atoms with van der Waals surface area (Å²) in [5.41, 5.74) is 1.13. The van der Waals surface area contributed by atoms with E-state index in [1.807, 2.05) is 0 Å². The van der Waals surface area contributed by atoms with E-state index in [9.17, 15) is 22.8 Å². The number of thioether (sulfide) groups is 1. The lowest BCUT2D eigenvalue weighted by Gasteiger charge is -2.09. The van der Waals surface area contributed by atoms with Crippen molar-refractivity contribution < 1.29 is 27.9 Å². The van der Waals surface area contributed by atoms with Gasteiger partial charge in [-0.2, -0.15) is 18.3 Å². The summed E-state index contributed by atoms with van der Waals surface area (Å²) in [7, 11) is 0. The molecular weight excluding hydrogens is 407 g/mol. The van der Waals surface area contributed by atoms with Crippen molar-refractivity contribution in [2.45, 2.75) is 17.8 Å². The minimum Gasteiger partial charge on any atom is -0.481 e. The fraction of sp³-hybridized carbons (Fsp3) is 0.158. The molecule has 150 valence electrons. The number of carboxylic acid groups (broad SMARTS) is 1. The van der Waals surface area contributed by atoms with E-state index in [1.54, 1.807) is 24.3 Å². The summed E-state index contributed by atoms with van der Waals surface area (Å²) >= 11 is 0.975. The number of halogens is 3. The second-order valence-corrected chi connectivity index (χ2v) is 7.20. The molecule has 1 amide bonds. The van der Waals surface area contributed by atoms with Gasteiger partial charge >= 0.3 is 12.1 Å². The Labute approximate surface area is 167 Å². The first-order chi connectivity index (χ1) is 13.7. The van der Waals surface area contributed by atoms with Gasteiger partial charge in [-0.15, -0.1) is 5.10 Å². The van der Waals surface area contributed by atoms with Gasteiger partial charge in [0.05, 0.1) is 18.2 Å². The molecule has 0 radical (unpaired) electrons. The zero-order chi connectivity index (χ0) is 21.0. The van der Waals surface area contributed by atoms with E-state index in [4.69, 9.17) is 5.11 Å². The highest BCUT2D eigenvalue weighted by atomic mass is 32.2. The summed E-state index contributed by atoms with van der Waals surface area (Å²) in [6.45, 7) is 0. The molecule has 1 heterocycles. The first kappa shape index (κ1) is 20.6. The molecule has 10 heteroatoms. The normalized spacial score (nSPS) is 18.4. The molecule has 3 rings (SSSR count). The summed E-state index contributed by atoms with van der Waals surface area (Å²) < 4.78 is 38.2. The van der Waals surface area contributed by atoms with E-state index in [0.717, 1.165) is 23.9 Å². The molecule has 2 aromatic carbocycles. The van der Waals surface area contributed by atoms with Gasteiger partial charge < -0.3 is 10.4 Å². The zero-order valence-corrected chi connectivity index (χ0v) is 15.5. The number of nitrogens with zero attached hydrogens (tertiary/aromatic N) is 2. The van der Waals surface area contributed by atoms with E-state index < -0.39 is 28.9 Å². The van der Waals surface area contributed by atoms with Gasteiger partial charge in [-0.1, -0.05) is 48.2 Å². The first-order valence-electron chi connectivity index (χ1n) is 8.31. The molecule has 1 atom stereocenters. The number of carboxylic acids is 1. The Morgan fingerprint density at radius 1 is 1.17 bits per heavy atom. The maximum absolute atomic E-state index is 12.7. The largest absolute Gasteiger partial charge is 0.481 e. The van der Waals surface area contributed by atoms with Crippen LogP contribution in [0.2, 0.25) is 0 Å². The van der Waals surface area contributed by atoms with Crippen LogP contribution in [0.3, 0.4) is 0 Å². The third-order valence-corrected chi connectivity index (χ3v) is 5.04. The molecule has 6 nitrogen and oxygen atoms in total. The molecule has 1 unspecified atom stereocenters. The Morgan fingerprint density at radius 3 is 2.52 bits per heavy atom. The van der Waals surface area contributed by atoms with Gasteiger partial charge in [0.15, 0.2) is 5.17 Å². The van der Waals surface area contributed by atoms with Crippen LogP contribution in [0.4, 0.5) is 13.2 Å². The molecule has 1 saturated heterocycles. The number of carbonyl (C=O) groups is 2. The molecular formula is C19H14F3N3O3S. The summed E-state index contributed by atoms with van der Waals surface area (Å²) in [6.07, 6.45) is -3.31. The minimum absolute atomic E-state index is 0.185. The van der Waals surface area contributed by atoms with Crippen molar-refractivity contribution in [2.24, 2.45) is 10.2 Å². The van der Waals surface area contributed by atoms with Crippen molar-refractivity contribution in [3.63, 3.8) is 0 Å². The van der Waals surface area contributed by atoms with E-state index in [-0.39, 0.29) is 11.6 Å². The van der Waals surface area contributed by atoms with Crippen LogP contribution in [0.25, 0.3) is 11.1 Å². The van der Waals surface area contributed by atoms with Gasteiger partial charge in [0, 0.05) is 5.56 Å². The number of carbonyl (C=O) groups excluding carboxylic acids is 1. The second-order valence-electron chi connectivity index (χ2n) is 6.01. The predicted octanol–water partition coefficient (Wildman–Crippen LogP) is 3.77. The van der Waals surface area contributed by atoms with Gasteiger partial charge in [-0.25, -0.2) is 0 Å². The molecule has 29 heavy (non-hydrogen) atoms.